The predicted octanol–water partition coefficient (Wildman–Crippen LogP) is 10.8. The van der Waals surface area contributed by atoms with E-state index in [1.807, 2.05) is 0 Å². The molecule has 1 aromatic carbocycles. The molecule has 1 heteroatoms. The summed E-state index contributed by atoms with van der Waals surface area (Å²) < 4.78 is 7.07. The van der Waals surface area contributed by atoms with E-state index in [-0.39, 0.29) is 5.60 Å². The zero-order chi connectivity index (χ0) is 24.7. The van der Waals surface area contributed by atoms with Gasteiger partial charge in [0.15, 0.2) is 0 Å². The SMILES string of the molecule is CCCCCCCCO[C@@]1(C2(CCCCCCCC)CCCCC2)C=CC(c2ccccc2)=CC1. The van der Waals surface area contributed by atoms with Crippen LogP contribution >= 0.6 is 0 Å². The molecule has 0 N–H and O–H groups in total. The first-order valence-corrected chi connectivity index (χ1v) is 15.3. The number of hydrogen-bond acceptors (Lipinski definition) is 1. The molecule has 0 unspecified atom stereocenters. The Bertz CT molecular complexity index is 739. The third kappa shape index (κ3) is 8.34. The molecular formula is C34H54O. The summed E-state index contributed by atoms with van der Waals surface area (Å²) in [7, 11) is 0. The van der Waals surface area contributed by atoms with Crippen molar-refractivity contribution >= 4 is 5.57 Å². The highest BCUT2D eigenvalue weighted by molar-refractivity contribution is 5.75. The van der Waals surface area contributed by atoms with E-state index in [4.69, 9.17) is 4.74 Å². The first kappa shape index (κ1) is 28.2. The second-order valence-corrected chi connectivity index (χ2v) is 11.4. The summed E-state index contributed by atoms with van der Waals surface area (Å²) in [5, 5.41) is 0. The number of unbranched alkanes of at least 4 members (excludes halogenated alkanes) is 10. The van der Waals surface area contributed by atoms with Gasteiger partial charge in [0.25, 0.3) is 0 Å². The smallest absolute Gasteiger partial charge is 0.0956 e. The van der Waals surface area contributed by atoms with Gasteiger partial charge in [-0.1, -0.05) is 152 Å². The molecule has 0 bridgehead atoms. The van der Waals surface area contributed by atoms with Gasteiger partial charge >= 0.3 is 0 Å². The van der Waals surface area contributed by atoms with Crippen molar-refractivity contribution in [2.24, 2.45) is 5.41 Å². The van der Waals surface area contributed by atoms with Crippen LogP contribution in [0.5, 0.6) is 0 Å². The van der Waals surface area contributed by atoms with Crippen molar-refractivity contribution in [2.75, 3.05) is 6.61 Å². The number of benzene rings is 1. The fourth-order valence-electron chi connectivity index (χ4n) is 6.61. The Balaban J connectivity index is 1.71. The molecule has 0 heterocycles. The molecule has 1 nitrogen and oxygen atoms in total. The topological polar surface area (TPSA) is 9.23 Å². The quantitative estimate of drug-likeness (QED) is 0.202. The predicted molar refractivity (Wildman–Crippen MR) is 154 cm³/mol. The van der Waals surface area contributed by atoms with Gasteiger partial charge in [-0.2, -0.15) is 0 Å². The second kappa shape index (κ2) is 15.7. The lowest BCUT2D eigenvalue weighted by atomic mass is 9.58. The van der Waals surface area contributed by atoms with Crippen LogP contribution in [0.1, 0.15) is 141 Å². The van der Waals surface area contributed by atoms with Gasteiger partial charge in [0.2, 0.25) is 0 Å². The Morgan fingerprint density at radius 1 is 0.714 bits per heavy atom. The van der Waals surface area contributed by atoms with Crippen molar-refractivity contribution in [1.82, 2.24) is 0 Å². The molecule has 1 saturated carbocycles. The number of ether oxygens (including phenoxy) is 1. The first-order valence-electron chi connectivity index (χ1n) is 15.3. The van der Waals surface area contributed by atoms with E-state index in [1.54, 1.807) is 0 Å². The molecule has 0 spiro atoms. The van der Waals surface area contributed by atoms with Crippen LogP contribution in [0.3, 0.4) is 0 Å². The largest absolute Gasteiger partial charge is 0.370 e. The Morgan fingerprint density at radius 2 is 1.34 bits per heavy atom. The normalized spacial score (nSPS) is 21.7. The summed E-state index contributed by atoms with van der Waals surface area (Å²) in [5.74, 6) is 0. The molecular weight excluding hydrogens is 424 g/mol. The van der Waals surface area contributed by atoms with Gasteiger partial charge in [0, 0.05) is 12.0 Å². The average molecular weight is 479 g/mol. The van der Waals surface area contributed by atoms with Crippen LogP contribution in [0.2, 0.25) is 0 Å². The van der Waals surface area contributed by atoms with Crippen LogP contribution in [0, 0.1) is 5.41 Å². The van der Waals surface area contributed by atoms with Gasteiger partial charge in [-0.25, -0.2) is 0 Å². The molecule has 1 aromatic rings. The zero-order valence-electron chi connectivity index (χ0n) is 23.2. The summed E-state index contributed by atoms with van der Waals surface area (Å²) in [6, 6.07) is 10.9. The maximum atomic E-state index is 7.07. The van der Waals surface area contributed by atoms with Gasteiger partial charge in [0.05, 0.1) is 5.60 Å². The molecule has 0 aromatic heterocycles. The van der Waals surface area contributed by atoms with Gasteiger partial charge in [-0.05, 0) is 43.2 Å². The van der Waals surface area contributed by atoms with E-state index in [2.05, 4.69) is 62.4 Å². The van der Waals surface area contributed by atoms with Gasteiger partial charge < -0.3 is 4.74 Å². The van der Waals surface area contributed by atoms with Crippen molar-refractivity contribution in [3.05, 3.63) is 54.1 Å². The van der Waals surface area contributed by atoms with Crippen LogP contribution in [-0.2, 0) is 4.74 Å². The van der Waals surface area contributed by atoms with Crippen LogP contribution in [0.15, 0.2) is 48.6 Å². The van der Waals surface area contributed by atoms with E-state index in [1.165, 1.54) is 127 Å². The minimum atomic E-state index is -0.113. The third-order valence-electron chi connectivity index (χ3n) is 8.84. The molecule has 35 heavy (non-hydrogen) atoms. The lowest BCUT2D eigenvalue weighted by Crippen LogP contribution is -2.51. The van der Waals surface area contributed by atoms with Crippen LogP contribution in [0.4, 0.5) is 0 Å². The van der Waals surface area contributed by atoms with Gasteiger partial charge in [-0.15, -0.1) is 0 Å². The maximum absolute atomic E-state index is 7.07. The van der Waals surface area contributed by atoms with E-state index in [9.17, 15) is 0 Å². The standard InChI is InChI=1S/C34H54O/c1-3-5-7-9-11-17-25-33(26-18-14-19-27-33)34(35-30-20-12-10-8-6-4-2)28-23-32(24-29-34)31-21-15-13-16-22-31/h13,15-16,21-24,28H,3-12,14,17-20,25-27,29-30H2,1-2H3/t34-/m0/s1. The summed E-state index contributed by atoms with van der Waals surface area (Å²) in [6.45, 7) is 5.53. The fraction of sp³-hybridized carbons (Fsp3) is 0.706. The first-order chi connectivity index (χ1) is 17.3. The Hall–Kier alpha value is -1.34. The van der Waals surface area contributed by atoms with E-state index < -0.39 is 0 Å². The molecule has 2 aliphatic carbocycles. The minimum Gasteiger partial charge on any atom is -0.370 e. The molecule has 2 aliphatic rings. The van der Waals surface area contributed by atoms with Gasteiger partial charge in [-0.3, -0.25) is 0 Å². The monoisotopic (exact) mass is 478 g/mol. The number of hydrogen-bond donors (Lipinski definition) is 0. The van der Waals surface area contributed by atoms with Crippen LogP contribution in [0.25, 0.3) is 5.57 Å². The average Bonchev–Trinajstić information content (AvgIpc) is 2.91. The zero-order valence-corrected chi connectivity index (χ0v) is 23.2. The summed E-state index contributed by atoms with van der Waals surface area (Å²) in [4.78, 5) is 0. The molecule has 196 valence electrons. The highest BCUT2D eigenvalue weighted by atomic mass is 16.5. The lowest BCUT2D eigenvalue weighted by molar-refractivity contribution is -0.122. The van der Waals surface area contributed by atoms with Crippen molar-refractivity contribution in [3.63, 3.8) is 0 Å². The van der Waals surface area contributed by atoms with Crippen LogP contribution < -0.4 is 0 Å². The summed E-state index contributed by atoms with van der Waals surface area (Å²) >= 11 is 0. The van der Waals surface area contributed by atoms with E-state index in [0.717, 1.165) is 13.0 Å². The van der Waals surface area contributed by atoms with E-state index in [0.29, 0.717) is 5.41 Å². The highest BCUT2D eigenvalue weighted by Gasteiger charge is 2.50. The summed E-state index contributed by atoms with van der Waals surface area (Å²) in [6.07, 6.45) is 32.9. The molecule has 0 aliphatic heterocycles. The molecule has 0 saturated heterocycles. The molecule has 0 radical (unpaired) electrons. The fourth-order valence-corrected chi connectivity index (χ4v) is 6.61. The number of rotatable bonds is 17. The molecule has 1 fully saturated rings. The maximum Gasteiger partial charge on any atom is 0.0956 e. The van der Waals surface area contributed by atoms with Gasteiger partial charge in [0.1, 0.15) is 0 Å². The molecule has 0 amide bonds. The van der Waals surface area contributed by atoms with Crippen molar-refractivity contribution in [1.29, 1.82) is 0 Å². The van der Waals surface area contributed by atoms with E-state index >= 15 is 0 Å². The summed E-state index contributed by atoms with van der Waals surface area (Å²) in [5.41, 5.74) is 2.91. The lowest BCUT2D eigenvalue weighted by Gasteiger charge is -2.52. The van der Waals surface area contributed by atoms with Crippen molar-refractivity contribution < 1.29 is 4.74 Å². The van der Waals surface area contributed by atoms with Crippen LogP contribution in [-0.4, -0.2) is 12.2 Å². The number of allylic oxidation sites excluding steroid dienone is 2. The Labute approximate surface area is 217 Å². The minimum absolute atomic E-state index is 0.113. The highest BCUT2D eigenvalue weighted by Crippen LogP contribution is 2.54. The second-order valence-electron chi connectivity index (χ2n) is 11.4. The van der Waals surface area contributed by atoms with Crippen molar-refractivity contribution in [3.8, 4) is 0 Å². The van der Waals surface area contributed by atoms with Crippen molar-refractivity contribution in [2.45, 2.75) is 141 Å². The molecule has 1 atom stereocenters. The Morgan fingerprint density at radius 3 is 1.97 bits per heavy atom. The Kier molecular flexibility index (Phi) is 12.7. The molecule has 3 rings (SSSR count). The third-order valence-corrected chi connectivity index (χ3v) is 8.84.